The monoisotopic (exact) mass is 440 g/mol. The van der Waals surface area contributed by atoms with Gasteiger partial charge in [-0.1, -0.05) is 29.8 Å². The van der Waals surface area contributed by atoms with E-state index in [-0.39, 0.29) is 18.2 Å². The second-order valence-electron chi connectivity index (χ2n) is 6.42. The van der Waals surface area contributed by atoms with E-state index in [9.17, 15) is 9.59 Å². The topological polar surface area (TPSA) is 96.1 Å². The quantitative estimate of drug-likeness (QED) is 0.404. The van der Waals surface area contributed by atoms with Crippen LogP contribution in [-0.4, -0.2) is 29.1 Å². The first-order valence-corrected chi connectivity index (χ1v) is 10.2. The number of aromatic amines is 1. The van der Waals surface area contributed by atoms with Crippen molar-refractivity contribution in [1.82, 2.24) is 10.2 Å². The molecule has 7 nitrogen and oxygen atoms in total. The normalized spacial score (nSPS) is 10.7. The van der Waals surface area contributed by atoms with Crippen molar-refractivity contribution in [3.63, 3.8) is 0 Å². The number of ether oxygens (including phenoxy) is 1. The van der Waals surface area contributed by atoms with Crippen LogP contribution in [0.25, 0.3) is 10.2 Å². The summed E-state index contributed by atoms with van der Waals surface area (Å²) >= 11 is 7.47. The lowest BCUT2D eigenvalue weighted by molar-refractivity contribution is -0.115. The van der Waals surface area contributed by atoms with Crippen molar-refractivity contribution in [2.75, 3.05) is 17.7 Å². The van der Waals surface area contributed by atoms with E-state index in [2.05, 4.69) is 20.8 Å². The Morgan fingerprint density at radius 2 is 1.97 bits per heavy atom. The summed E-state index contributed by atoms with van der Waals surface area (Å²) in [6, 6.07) is 15.8. The van der Waals surface area contributed by atoms with E-state index >= 15 is 0 Å². The van der Waals surface area contributed by atoms with Crippen LogP contribution < -0.4 is 15.4 Å². The summed E-state index contributed by atoms with van der Waals surface area (Å²) in [4.78, 5) is 26.5. The average molecular weight is 441 g/mol. The number of thiophene rings is 1. The van der Waals surface area contributed by atoms with Gasteiger partial charge in [0, 0.05) is 10.4 Å². The Kier molecular flexibility index (Phi) is 5.69. The van der Waals surface area contributed by atoms with Gasteiger partial charge in [-0.2, -0.15) is 5.10 Å². The number of carbonyl (C=O) groups excluding carboxylic acids is 2. The van der Waals surface area contributed by atoms with Crippen LogP contribution in [-0.2, 0) is 11.2 Å². The highest BCUT2D eigenvalue weighted by molar-refractivity contribution is 7.18. The van der Waals surface area contributed by atoms with Crippen molar-refractivity contribution in [3.05, 3.63) is 70.1 Å². The highest BCUT2D eigenvalue weighted by atomic mass is 35.5. The average Bonchev–Trinajstić information content (AvgIpc) is 3.30. The molecule has 0 aliphatic heterocycles. The number of hydrogen-bond donors (Lipinski definition) is 3. The molecule has 0 fully saturated rings. The zero-order valence-electron chi connectivity index (χ0n) is 15.9. The van der Waals surface area contributed by atoms with Gasteiger partial charge in [0.25, 0.3) is 5.91 Å². The maximum absolute atomic E-state index is 12.6. The number of methoxy groups -OCH3 is 1. The third-order valence-electron chi connectivity index (χ3n) is 4.36. The number of anilines is 2. The molecule has 0 saturated heterocycles. The first-order valence-electron chi connectivity index (χ1n) is 9.00. The molecule has 0 bridgehead atoms. The molecule has 2 aromatic carbocycles. The van der Waals surface area contributed by atoms with Crippen LogP contribution in [0.1, 0.15) is 15.2 Å². The minimum absolute atomic E-state index is 0.176. The van der Waals surface area contributed by atoms with Gasteiger partial charge < -0.3 is 15.4 Å². The van der Waals surface area contributed by atoms with E-state index in [0.29, 0.717) is 32.7 Å². The molecule has 0 unspecified atom stereocenters. The zero-order chi connectivity index (χ0) is 21.1. The molecule has 0 aliphatic rings. The highest BCUT2D eigenvalue weighted by Gasteiger charge is 2.16. The number of carbonyl (C=O) groups is 2. The number of hydrogen-bond acceptors (Lipinski definition) is 5. The van der Waals surface area contributed by atoms with Crippen molar-refractivity contribution in [3.8, 4) is 5.75 Å². The third-order valence-corrected chi connectivity index (χ3v) is 5.71. The SMILES string of the molecule is COc1cccc(C(=O)Nc2[nH]nc3sc(CC(=O)Nc4ccccc4Cl)cc23)c1. The molecule has 2 aromatic heterocycles. The fraction of sp³-hybridized carbons (Fsp3) is 0.0952. The van der Waals surface area contributed by atoms with Crippen molar-refractivity contribution < 1.29 is 14.3 Å². The van der Waals surface area contributed by atoms with Crippen LogP contribution >= 0.6 is 22.9 Å². The summed E-state index contributed by atoms with van der Waals surface area (Å²) in [6.07, 6.45) is 0.176. The van der Waals surface area contributed by atoms with Crippen molar-refractivity contribution in [2.24, 2.45) is 0 Å². The Hall–Kier alpha value is -3.36. The largest absolute Gasteiger partial charge is 0.497 e. The van der Waals surface area contributed by atoms with E-state index in [1.165, 1.54) is 11.3 Å². The number of fused-ring (bicyclic) bond motifs is 1. The van der Waals surface area contributed by atoms with Gasteiger partial charge in [-0.25, -0.2) is 0 Å². The fourth-order valence-corrected chi connectivity index (χ4v) is 4.08. The molecule has 0 atom stereocenters. The standard InChI is InChI=1S/C21H17ClN4O3S/c1-29-13-6-4-5-12(9-13)20(28)24-19-15-10-14(30-21(15)26-25-19)11-18(27)23-17-8-3-2-7-16(17)22/h2-10H,11H2,1H3,(H,23,27)(H2,24,25,26,28). The van der Waals surface area contributed by atoms with Crippen LogP contribution in [0.3, 0.4) is 0 Å². The lowest BCUT2D eigenvalue weighted by atomic mass is 10.2. The lowest BCUT2D eigenvalue weighted by Crippen LogP contribution is -2.14. The Balaban J connectivity index is 1.47. The van der Waals surface area contributed by atoms with E-state index in [1.807, 2.05) is 6.07 Å². The zero-order valence-corrected chi connectivity index (χ0v) is 17.4. The first kappa shape index (κ1) is 19.9. The predicted octanol–water partition coefficient (Wildman–Crippen LogP) is 4.72. The molecule has 4 aromatic rings. The van der Waals surface area contributed by atoms with E-state index < -0.39 is 0 Å². The van der Waals surface area contributed by atoms with Crippen LogP contribution in [0.2, 0.25) is 5.02 Å². The van der Waals surface area contributed by atoms with Crippen LogP contribution in [0, 0.1) is 0 Å². The first-order chi connectivity index (χ1) is 14.5. The Morgan fingerprint density at radius 1 is 1.13 bits per heavy atom. The molecule has 30 heavy (non-hydrogen) atoms. The van der Waals surface area contributed by atoms with Gasteiger partial charge in [-0.05, 0) is 36.4 Å². The summed E-state index contributed by atoms with van der Waals surface area (Å²) in [7, 11) is 1.55. The summed E-state index contributed by atoms with van der Waals surface area (Å²) in [5, 5.41) is 13.9. The maximum Gasteiger partial charge on any atom is 0.256 e. The highest BCUT2D eigenvalue weighted by Crippen LogP contribution is 2.30. The fourth-order valence-electron chi connectivity index (χ4n) is 2.91. The van der Waals surface area contributed by atoms with Gasteiger partial charge in [0.05, 0.1) is 29.6 Å². The van der Waals surface area contributed by atoms with Crippen molar-refractivity contribution in [1.29, 1.82) is 0 Å². The maximum atomic E-state index is 12.6. The van der Waals surface area contributed by atoms with Crippen LogP contribution in [0.15, 0.2) is 54.6 Å². The number of aromatic nitrogens is 2. The number of nitrogens with one attached hydrogen (secondary N) is 3. The molecule has 0 saturated carbocycles. The number of H-pyrrole nitrogens is 1. The van der Waals surface area contributed by atoms with Gasteiger partial charge in [0.15, 0.2) is 0 Å². The number of amides is 2. The molecule has 4 rings (SSSR count). The summed E-state index contributed by atoms with van der Waals surface area (Å²) in [6.45, 7) is 0. The smallest absolute Gasteiger partial charge is 0.256 e. The third kappa shape index (κ3) is 4.29. The van der Waals surface area contributed by atoms with Crippen molar-refractivity contribution in [2.45, 2.75) is 6.42 Å². The Bertz CT molecular complexity index is 1230. The predicted molar refractivity (Wildman–Crippen MR) is 119 cm³/mol. The van der Waals surface area contributed by atoms with Gasteiger partial charge in [-0.3, -0.25) is 14.7 Å². The van der Waals surface area contributed by atoms with E-state index in [1.54, 1.807) is 55.6 Å². The molecule has 2 heterocycles. The van der Waals surface area contributed by atoms with Gasteiger partial charge in [0.1, 0.15) is 16.4 Å². The second-order valence-corrected chi connectivity index (χ2v) is 7.94. The second kappa shape index (κ2) is 8.56. The molecule has 0 aliphatic carbocycles. The molecule has 152 valence electrons. The van der Waals surface area contributed by atoms with Crippen LogP contribution in [0.5, 0.6) is 5.75 Å². The molecule has 9 heteroatoms. The van der Waals surface area contributed by atoms with Gasteiger partial charge >= 0.3 is 0 Å². The van der Waals surface area contributed by atoms with Crippen molar-refractivity contribution >= 4 is 56.5 Å². The van der Waals surface area contributed by atoms with Gasteiger partial charge in [0.2, 0.25) is 5.91 Å². The molecular formula is C21H17ClN4O3S. The Morgan fingerprint density at radius 3 is 2.77 bits per heavy atom. The van der Waals surface area contributed by atoms with Gasteiger partial charge in [-0.15, -0.1) is 11.3 Å². The summed E-state index contributed by atoms with van der Waals surface area (Å²) in [5.74, 6) is 0.605. The number of nitrogens with zero attached hydrogens (tertiary/aromatic N) is 1. The number of halogens is 1. The Labute approximate surface area is 181 Å². The molecule has 3 N–H and O–H groups in total. The number of para-hydroxylation sites is 1. The van der Waals surface area contributed by atoms with E-state index in [0.717, 1.165) is 10.3 Å². The number of benzene rings is 2. The molecular weight excluding hydrogens is 424 g/mol. The summed E-state index contributed by atoms with van der Waals surface area (Å²) < 4.78 is 5.16. The minimum Gasteiger partial charge on any atom is -0.497 e. The molecule has 0 spiro atoms. The number of rotatable bonds is 6. The van der Waals surface area contributed by atoms with E-state index in [4.69, 9.17) is 16.3 Å². The van der Waals surface area contributed by atoms with Crippen LogP contribution in [0.4, 0.5) is 11.5 Å². The summed E-state index contributed by atoms with van der Waals surface area (Å²) in [5.41, 5.74) is 1.03. The minimum atomic E-state index is -0.288. The lowest BCUT2D eigenvalue weighted by Gasteiger charge is -2.06. The molecule has 2 amide bonds. The molecule has 0 radical (unpaired) electrons.